The highest BCUT2D eigenvalue weighted by molar-refractivity contribution is 5.93. The molecule has 0 unspecified atom stereocenters. The second-order valence-electron chi connectivity index (χ2n) is 6.53. The van der Waals surface area contributed by atoms with Crippen LogP contribution in [0, 0.1) is 6.92 Å². The minimum absolute atomic E-state index is 0.0477. The first-order chi connectivity index (χ1) is 12.5. The minimum atomic E-state index is -0.603. The van der Waals surface area contributed by atoms with Crippen LogP contribution in [0.3, 0.4) is 0 Å². The molecule has 2 heterocycles. The van der Waals surface area contributed by atoms with Gasteiger partial charge in [0.25, 0.3) is 11.5 Å². The van der Waals surface area contributed by atoms with Crippen molar-refractivity contribution in [2.45, 2.75) is 25.4 Å². The van der Waals surface area contributed by atoms with Crippen molar-refractivity contribution in [2.75, 3.05) is 26.8 Å². The first kappa shape index (κ1) is 18.1. The summed E-state index contributed by atoms with van der Waals surface area (Å²) in [5, 5.41) is 0. The molecule has 1 aromatic heterocycles. The van der Waals surface area contributed by atoms with Gasteiger partial charge in [-0.1, -0.05) is 18.2 Å². The number of nitrogens with zero attached hydrogens (tertiary/aromatic N) is 2. The summed E-state index contributed by atoms with van der Waals surface area (Å²) >= 11 is 0. The molecule has 0 aliphatic carbocycles. The first-order valence-corrected chi connectivity index (χ1v) is 8.61. The summed E-state index contributed by atoms with van der Waals surface area (Å²) in [4.78, 5) is 33.1. The largest absolute Gasteiger partial charge is 0.491 e. The number of ether oxygens (including phenoxy) is 2. The number of aryl methyl sites for hydroxylation is 1. The molecule has 1 saturated heterocycles. The van der Waals surface area contributed by atoms with Gasteiger partial charge in [0.1, 0.15) is 29.3 Å². The van der Waals surface area contributed by atoms with Crippen molar-refractivity contribution in [1.29, 1.82) is 0 Å². The number of rotatable bonds is 5. The summed E-state index contributed by atoms with van der Waals surface area (Å²) in [5.74, 6) is 0.902. The molecular formula is C19H23N3O4. The molecule has 1 atom stereocenters. The average Bonchev–Trinajstić information content (AvgIpc) is 2.67. The SMILES string of the molecule is CO[C@]1(COc2ccccc2)CCCN(C(=O)c2cnc(C)[nH]c2=O)C1. The molecule has 1 N–H and O–H groups in total. The number of hydrogen-bond acceptors (Lipinski definition) is 5. The Hall–Kier alpha value is -2.67. The topological polar surface area (TPSA) is 84.5 Å². The van der Waals surface area contributed by atoms with Crippen LogP contribution in [0.5, 0.6) is 5.75 Å². The van der Waals surface area contributed by atoms with E-state index < -0.39 is 11.2 Å². The standard InChI is InChI=1S/C19H23N3O4/c1-14-20-11-16(17(23)21-14)18(24)22-10-6-9-19(12-22,25-2)13-26-15-7-4-3-5-8-15/h3-5,7-8,11H,6,9-10,12-13H2,1-2H3,(H,20,21,23)/t19-/m1/s1. The number of amides is 1. The lowest BCUT2D eigenvalue weighted by Crippen LogP contribution is -2.55. The van der Waals surface area contributed by atoms with Crippen molar-refractivity contribution in [3.63, 3.8) is 0 Å². The van der Waals surface area contributed by atoms with Gasteiger partial charge in [-0.25, -0.2) is 4.98 Å². The van der Waals surface area contributed by atoms with E-state index in [1.54, 1.807) is 18.9 Å². The number of H-pyrrole nitrogens is 1. The van der Waals surface area contributed by atoms with Crippen LogP contribution in [0.1, 0.15) is 29.0 Å². The fourth-order valence-electron chi connectivity index (χ4n) is 3.15. The molecule has 1 aliphatic heterocycles. The van der Waals surface area contributed by atoms with Crippen LogP contribution in [-0.2, 0) is 4.74 Å². The lowest BCUT2D eigenvalue weighted by molar-refractivity contribution is -0.0825. The predicted octanol–water partition coefficient (Wildman–Crippen LogP) is 1.78. The maximum Gasteiger partial charge on any atom is 0.263 e. The number of benzene rings is 1. The molecule has 7 nitrogen and oxygen atoms in total. The van der Waals surface area contributed by atoms with Gasteiger partial charge in [-0.3, -0.25) is 9.59 Å². The highest BCUT2D eigenvalue weighted by atomic mass is 16.5. The molecule has 1 amide bonds. The number of piperidine rings is 1. The second-order valence-corrected chi connectivity index (χ2v) is 6.53. The van der Waals surface area contributed by atoms with Crippen LogP contribution in [0.4, 0.5) is 0 Å². The van der Waals surface area contributed by atoms with Gasteiger partial charge in [-0.15, -0.1) is 0 Å². The van der Waals surface area contributed by atoms with E-state index in [0.717, 1.165) is 18.6 Å². The number of carbonyl (C=O) groups is 1. The number of carbonyl (C=O) groups excluding carboxylic acids is 1. The molecular weight excluding hydrogens is 334 g/mol. The lowest BCUT2D eigenvalue weighted by atomic mass is 9.93. The summed E-state index contributed by atoms with van der Waals surface area (Å²) in [5.41, 5.74) is -0.975. The Morgan fingerprint density at radius 1 is 1.35 bits per heavy atom. The Morgan fingerprint density at radius 3 is 2.81 bits per heavy atom. The Balaban J connectivity index is 1.73. The number of aromatic amines is 1. The van der Waals surface area contributed by atoms with E-state index in [2.05, 4.69) is 9.97 Å². The maximum atomic E-state index is 12.8. The third-order valence-electron chi connectivity index (χ3n) is 4.66. The molecule has 26 heavy (non-hydrogen) atoms. The van der Waals surface area contributed by atoms with Gasteiger partial charge in [0.2, 0.25) is 0 Å². The third-order valence-corrected chi connectivity index (χ3v) is 4.66. The minimum Gasteiger partial charge on any atom is -0.491 e. The summed E-state index contributed by atoms with van der Waals surface area (Å²) in [7, 11) is 1.63. The molecule has 138 valence electrons. The number of likely N-dealkylation sites (tertiary alicyclic amines) is 1. The van der Waals surface area contributed by atoms with E-state index in [9.17, 15) is 9.59 Å². The van der Waals surface area contributed by atoms with Crippen LogP contribution in [-0.4, -0.2) is 53.2 Å². The van der Waals surface area contributed by atoms with Gasteiger partial charge in [-0.2, -0.15) is 0 Å². The number of aromatic nitrogens is 2. The number of nitrogens with one attached hydrogen (secondary N) is 1. The molecule has 0 bridgehead atoms. The van der Waals surface area contributed by atoms with E-state index in [1.165, 1.54) is 6.20 Å². The van der Waals surface area contributed by atoms with E-state index in [1.807, 2.05) is 30.3 Å². The van der Waals surface area contributed by atoms with Crippen molar-refractivity contribution >= 4 is 5.91 Å². The molecule has 7 heteroatoms. The third kappa shape index (κ3) is 3.94. The van der Waals surface area contributed by atoms with E-state index >= 15 is 0 Å². The number of para-hydroxylation sites is 1. The molecule has 2 aromatic rings. The smallest absolute Gasteiger partial charge is 0.263 e. The van der Waals surface area contributed by atoms with Crippen LogP contribution in [0.25, 0.3) is 0 Å². The van der Waals surface area contributed by atoms with Crippen LogP contribution < -0.4 is 10.3 Å². The zero-order valence-corrected chi connectivity index (χ0v) is 15.0. The zero-order chi connectivity index (χ0) is 18.6. The Morgan fingerprint density at radius 2 is 2.12 bits per heavy atom. The monoisotopic (exact) mass is 357 g/mol. The van der Waals surface area contributed by atoms with Crippen molar-refractivity contribution in [3.05, 3.63) is 58.3 Å². The summed E-state index contributed by atoms with van der Waals surface area (Å²) in [6.07, 6.45) is 2.89. The molecule has 0 radical (unpaired) electrons. The van der Waals surface area contributed by atoms with E-state index in [-0.39, 0.29) is 11.5 Å². The van der Waals surface area contributed by atoms with Crippen LogP contribution in [0.2, 0.25) is 0 Å². The van der Waals surface area contributed by atoms with E-state index in [4.69, 9.17) is 9.47 Å². The van der Waals surface area contributed by atoms with Gasteiger partial charge in [0, 0.05) is 19.9 Å². The fraction of sp³-hybridized carbons (Fsp3) is 0.421. The fourth-order valence-corrected chi connectivity index (χ4v) is 3.15. The molecule has 1 aliphatic rings. The number of hydrogen-bond donors (Lipinski definition) is 1. The quantitative estimate of drug-likeness (QED) is 0.882. The van der Waals surface area contributed by atoms with Crippen molar-refractivity contribution < 1.29 is 14.3 Å². The zero-order valence-electron chi connectivity index (χ0n) is 15.0. The molecule has 0 spiro atoms. The summed E-state index contributed by atoms with van der Waals surface area (Å²) in [6, 6.07) is 9.50. The van der Waals surface area contributed by atoms with Crippen molar-refractivity contribution in [3.8, 4) is 5.75 Å². The summed E-state index contributed by atoms with van der Waals surface area (Å²) < 4.78 is 11.6. The van der Waals surface area contributed by atoms with Crippen molar-refractivity contribution in [1.82, 2.24) is 14.9 Å². The van der Waals surface area contributed by atoms with Crippen molar-refractivity contribution in [2.24, 2.45) is 0 Å². The van der Waals surface area contributed by atoms with E-state index in [0.29, 0.717) is 25.5 Å². The Bertz CT molecular complexity index is 821. The highest BCUT2D eigenvalue weighted by Gasteiger charge is 2.39. The van der Waals surface area contributed by atoms with Gasteiger partial charge in [0.05, 0.1) is 6.54 Å². The summed E-state index contributed by atoms with van der Waals surface area (Å²) in [6.45, 7) is 2.94. The molecule has 1 fully saturated rings. The van der Waals surface area contributed by atoms with Gasteiger partial charge in [0.15, 0.2) is 0 Å². The lowest BCUT2D eigenvalue weighted by Gasteiger charge is -2.41. The molecule has 0 saturated carbocycles. The number of methoxy groups -OCH3 is 1. The predicted molar refractivity (Wildman–Crippen MR) is 96.4 cm³/mol. The molecule has 1 aromatic carbocycles. The highest BCUT2D eigenvalue weighted by Crippen LogP contribution is 2.26. The van der Waals surface area contributed by atoms with Gasteiger partial charge < -0.3 is 19.4 Å². The van der Waals surface area contributed by atoms with Gasteiger partial charge >= 0.3 is 0 Å². The van der Waals surface area contributed by atoms with Crippen LogP contribution in [0.15, 0.2) is 41.3 Å². The second kappa shape index (κ2) is 7.70. The van der Waals surface area contributed by atoms with Crippen LogP contribution >= 0.6 is 0 Å². The molecule has 3 rings (SSSR count). The average molecular weight is 357 g/mol. The normalized spacial score (nSPS) is 20.0. The van der Waals surface area contributed by atoms with Gasteiger partial charge in [-0.05, 0) is 31.9 Å². The Labute approximate surface area is 152 Å². The maximum absolute atomic E-state index is 12.8. The first-order valence-electron chi connectivity index (χ1n) is 8.61. The Kier molecular flexibility index (Phi) is 5.37.